The first-order valence-electron chi connectivity index (χ1n) is 6.84. The second-order valence-corrected chi connectivity index (χ2v) is 5.16. The van der Waals surface area contributed by atoms with Crippen LogP contribution in [0, 0.1) is 11.3 Å². The Kier molecular flexibility index (Phi) is 4.09. The van der Waals surface area contributed by atoms with E-state index in [1.807, 2.05) is 37.4 Å². The van der Waals surface area contributed by atoms with Gasteiger partial charge in [0.15, 0.2) is 0 Å². The number of para-hydroxylation sites is 1. The second-order valence-electron chi connectivity index (χ2n) is 5.16. The van der Waals surface area contributed by atoms with Crippen LogP contribution in [-0.2, 0) is 11.3 Å². The molecule has 0 spiro atoms. The van der Waals surface area contributed by atoms with Crippen molar-refractivity contribution >= 4 is 16.8 Å². The molecular weight excluding hydrogens is 250 g/mol. The number of nitrogens with one attached hydrogen (secondary N) is 1. The van der Waals surface area contributed by atoms with Gasteiger partial charge < -0.3 is 9.88 Å². The predicted octanol–water partition coefficient (Wildman–Crippen LogP) is 2.84. The Morgan fingerprint density at radius 3 is 2.85 bits per heavy atom. The van der Waals surface area contributed by atoms with Crippen LogP contribution in [0.3, 0.4) is 0 Å². The van der Waals surface area contributed by atoms with Gasteiger partial charge in [0.25, 0.3) is 0 Å². The van der Waals surface area contributed by atoms with Gasteiger partial charge in [-0.15, -0.1) is 0 Å². The first-order valence-corrected chi connectivity index (χ1v) is 6.84. The van der Waals surface area contributed by atoms with E-state index in [0.29, 0.717) is 19.4 Å². The van der Waals surface area contributed by atoms with Crippen LogP contribution in [0.4, 0.5) is 0 Å². The molecule has 1 heterocycles. The molecule has 4 heteroatoms. The number of amides is 1. The van der Waals surface area contributed by atoms with Crippen molar-refractivity contribution in [2.45, 2.75) is 38.8 Å². The standard InChI is InChI=1S/C16H19N3O/c1-3-16(2,12-17)18-15(20)9-11-19-10-8-13-6-4-5-7-14(13)19/h4-8,10H,3,9,11H2,1-2H3,(H,18,20)/t16-/m0/s1. The fraction of sp³-hybridized carbons (Fsp3) is 0.375. The summed E-state index contributed by atoms with van der Waals surface area (Å²) in [5.74, 6) is -0.0892. The maximum atomic E-state index is 11.9. The van der Waals surface area contributed by atoms with Crippen molar-refractivity contribution in [1.82, 2.24) is 9.88 Å². The van der Waals surface area contributed by atoms with Crippen LogP contribution in [0.5, 0.6) is 0 Å². The van der Waals surface area contributed by atoms with Gasteiger partial charge in [0.1, 0.15) is 5.54 Å². The lowest BCUT2D eigenvalue weighted by molar-refractivity contribution is -0.122. The van der Waals surface area contributed by atoms with Crippen molar-refractivity contribution < 1.29 is 4.79 Å². The monoisotopic (exact) mass is 269 g/mol. The number of carbonyl (C=O) groups excluding carboxylic acids is 1. The summed E-state index contributed by atoms with van der Waals surface area (Å²) in [5, 5.41) is 13.0. The molecule has 0 unspecified atom stereocenters. The molecule has 0 aliphatic heterocycles. The van der Waals surface area contributed by atoms with E-state index in [-0.39, 0.29) is 5.91 Å². The number of fused-ring (bicyclic) bond motifs is 1. The van der Waals surface area contributed by atoms with Crippen LogP contribution in [0.1, 0.15) is 26.7 Å². The zero-order valence-electron chi connectivity index (χ0n) is 11.9. The number of benzene rings is 1. The second kappa shape index (κ2) is 5.79. The smallest absolute Gasteiger partial charge is 0.223 e. The van der Waals surface area contributed by atoms with Crippen LogP contribution in [0.15, 0.2) is 36.5 Å². The van der Waals surface area contributed by atoms with Gasteiger partial charge in [0, 0.05) is 24.7 Å². The largest absolute Gasteiger partial charge is 0.347 e. The van der Waals surface area contributed by atoms with Crippen LogP contribution < -0.4 is 5.32 Å². The van der Waals surface area contributed by atoms with Gasteiger partial charge in [-0.05, 0) is 30.9 Å². The van der Waals surface area contributed by atoms with Crippen molar-refractivity contribution in [1.29, 1.82) is 5.26 Å². The third-order valence-corrected chi connectivity index (χ3v) is 3.63. The number of aryl methyl sites for hydroxylation is 1. The Labute approximate surface area is 119 Å². The van der Waals surface area contributed by atoms with Gasteiger partial charge in [-0.3, -0.25) is 4.79 Å². The van der Waals surface area contributed by atoms with E-state index in [2.05, 4.69) is 22.0 Å². The van der Waals surface area contributed by atoms with Crippen molar-refractivity contribution in [3.05, 3.63) is 36.5 Å². The third kappa shape index (κ3) is 3.00. The molecule has 0 bridgehead atoms. The predicted molar refractivity (Wildman–Crippen MR) is 79.0 cm³/mol. The summed E-state index contributed by atoms with van der Waals surface area (Å²) in [6.07, 6.45) is 2.96. The van der Waals surface area contributed by atoms with Crippen molar-refractivity contribution in [3.8, 4) is 6.07 Å². The Morgan fingerprint density at radius 1 is 1.40 bits per heavy atom. The fourth-order valence-electron chi connectivity index (χ4n) is 2.12. The molecular formula is C16H19N3O. The molecule has 0 fully saturated rings. The number of rotatable bonds is 5. The highest BCUT2D eigenvalue weighted by atomic mass is 16.1. The van der Waals surface area contributed by atoms with E-state index in [9.17, 15) is 4.79 Å². The molecule has 20 heavy (non-hydrogen) atoms. The quantitative estimate of drug-likeness (QED) is 0.907. The van der Waals surface area contributed by atoms with Gasteiger partial charge in [-0.2, -0.15) is 5.26 Å². The minimum absolute atomic E-state index is 0.0892. The summed E-state index contributed by atoms with van der Waals surface area (Å²) in [7, 11) is 0. The summed E-state index contributed by atoms with van der Waals surface area (Å²) in [6, 6.07) is 12.3. The Balaban J connectivity index is 1.99. The maximum Gasteiger partial charge on any atom is 0.223 e. The number of nitrogens with zero attached hydrogens (tertiary/aromatic N) is 2. The number of carbonyl (C=O) groups is 1. The average molecular weight is 269 g/mol. The minimum atomic E-state index is -0.768. The highest BCUT2D eigenvalue weighted by molar-refractivity contribution is 5.81. The topological polar surface area (TPSA) is 57.8 Å². The lowest BCUT2D eigenvalue weighted by Crippen LogP contribution is -2.44. The number of hydrogen-bond donors (Lipinski definition) is 1. The van der Waals surface area contributed by atoms with Gasteiger partial charge >= 0.3 is 0 Å². The zero-order chi connectivity index (χ0) is 14.6. The molecule has 4 nitrogen and oxygen atoms in total. The number of nitriles is 1. The van der Waals surface area contributed by atoms with Gasteiger partial charge in [0.2, 0.25) is 5.91 Å². The molecule has 2 aromatic rings. The van der Waals surface area contributed by atoms with E-state index >= 15 is 0 Å². The summed E-state index contributed by atoms with van der Waals surface area (Å²) >= 11 is 0. The summed E-state index contributed by atoms with van der Waals surface area (Å²) in [5.41, 5.74) is 0.356. The average Bonchev–Trinajstić information content (AvgIpc) is 2.88. The van der Waals surface area contributed by atoms with E-state index in [1.54, 1.807) is 6.92 Å². The van der Waals surface area contributed by atoms with Gasteiger partial charge in [-0.1, -0.05) is 25.1 Å². The Hall–Kier alpha value is -2.28. The third-order valence-electron chi connectivity index (χ3n) is 3.63. The van der Waals surface area contributed by atoms with E-state index in [0.717, 1.165) is 5.52 Å². The van der Waals surface area contributed by atoms with Crippen LogP contribution in [0.25, 0.3) is 10.9 Å². The molecule has 0 radical (unpaired) electrons. The van der Waals surface area contributed by atoms with E-state index < -0.39 is 5.54 Å². The van der Waals surface area contributed by atoms with Crippen LogP contribution >= 0.6 is 0 Å². The zero-order valence-corrected chi connectivity index (χ0v) is 11.9. The Bertz CT molecular complexity index is 653. The van der Waals surface area contributed by atoms with Crippen LogP contribution in [0.2, 0.25) is 0 Å². The molecule has 0 aliphatic rings. The lowest BCUT2D eigenvalue weighted by Gasteiger charge is -2.21. The molecule has 0 saturated heterocycles. The van der Waals surface area contributed by atoms with E-state index in [1.165, 1.54) is 5.39 Å². The van der Waals surface area contributed by atoms with E-state index in [4.69, 9.17) is 5.26 Å². The minimum Gasteiger partial charge on any atom is -0.347 e. The highest BCUT2D eigenvalue weighted by Gasteiger charge is 2.23. The normalized spacial score (nSPS) is 13.7. The molecule has 1 amide bonds. The first kappa shape index (κ1) is 14.1. The van der Waals surface area contributed by atoms with Gasteiger partial charge in [-0.25, -0.2) is 0 Å². The molecule has 1 aromatic carbocycles. The summed E-state index contributed by atoms with van der Waals surface area (Å²) < 4.78 is 2.06. The molecule has 0 saturated carbocycles. The highest BCUT2D eigenvalue weighted by Crippen LogP contribution is 2.15. The van der Waals surface area contributed by atoms with Crippen molar-refractivity contribution in [2.24, 2.45) is 0 Å². The van der Waals surface area contributed by atoms with Crippen LogP contribution in [-0.4, -0.2) is 16.0 Å². The Morgan fingerprint density at radius 2 is 2.15 bits per heavy atom. The summed E-state index contributed by atoms with van der Waals surface area (Å²) in [4.78, 5) is 11.9. The first-order chi connectivity index (χ1) is 9.58. The number of hydrogen-bond acceptors (Lipinski definition) is 2. The fourth-order valence-corrected chi connectivity index (χ4v) is 2.12. The maximum absolute atomic E-state index is 11.9. The molecule has 1 atom stereocenters. The molecule has 2 rings (SSSR count). The molecule has 0 aliphatic carbocycles. The molecule has 104 valence electrons. The SMILES string of the molecule is CC[C@@](C)(C#N)NC(=O)CCn1ccc2ccccc21. The molecule has 1 aromatic heterocycles. The molecule has 1 N–H and O–H groups in total. The van der Waals surface area contributed by atoms with Crippen molar-refractivity contribution in [2.75, 3.05) is 0 Å². The van der Waals surface area contributed by atoms with Gasteiger partial charge in [0.05, 0.1) is 6.07 Å². The lowest BCUT2D eigenvalue weighted by atomic mass is 10.0. The van der Waals surface area contributed by atoms with Crippen molar-refractivity contribution in [3.63, 3.8) is 0 Å². The number of aromatic nitrogens is 1. The summed E-state index contributed by atoms with van der Waals surface area (Å²) in [6.45, 7) is 4.25.